The lowest BCUT2D eigenvalue weighted by molar-refractivity contribution is 0.712. The molecule has 0 radical (unpaired) electrons. The van der Waals surface area contributed by atoms with Crippen LogP contribution in [0.3, 0.4) is 0 Å². The molecule has 0 saturated carbocycles. The van der Waals surface area contributed by atoms with Gasteiger partial charge in [0, 0.05) is 0 Å². The summed E-state index contributed by atoms with van der Waals surface area (Å²) in [5.74, 6) is 0. The Labute approximate surface area is 126 Å². The highest BCUT2D eigenvalue weighted by Gasteiger charge is 2.10. The van der Waals surface area contributed by atoms with Crippen molar-refractivity contribution < 1.29 is 0 Å². The van der Waals surface area contributed by atoms with Gasteiger partial charge in [-0.1, -0.05) is 11.6 Å². The fourth-order valence-corrected chi connectivity index (χ4v) is 3.33. The van der Waals surface area contributed by atoms with Crippen molar-refractivity contribution in [2.24, 2.45) is 0 Å². The maximum absolute atomic E-state index is 12.5. The number of fused-ring (bicyclic) bond motifs is 1. The molecule has 0 aliphatic heterocycles. The van der Waals surface area contributed by atoms with Gasteiger partial charge in [-0.3, -0.25) is 9.36 Å². The van der Waals surface area contributed by atoms with Crippen LogP contribution in [0, 0.1) is 6.92 Å². The largest absolute Gasteiger partial charge is 0.329 e. The van der Waals surface area contributed by atoms with Gasteiger partial charge in [0.25, 0.3) is 5.56 Å². The second kappa shape index (κ2) is 5.03. The molecule has 20 heavy (non-hydrogen) atoms. The van der Waals surface area contributed by atoms with Gasteiger partial charge in [-0.05, 0) is 52.0 Å². The van der Waals surface area contributed by atoms with E-state index >= 15 is 0 Å². The molecule has 0 amide bonds. The number of hydrogen-bond donors (Lipinski definition) is 1. The number of hydrogen-bond acceptors (Lipinski definition) is 3. The third kappa shape index (κ3) is 2.25. The van der Waals surface area contributed by atoms with Crippen molar-refractivity contribution in [1.29, 1.82) is 0 Å². The third-order valence-corrected chi connectivity index (χ3v) is 4.97. The van der Waals surface area contributed by atoms with Crippen LogP contribution in [0.2, 0.25) is 0 Å². The molecule has 0 atom stereocenters. The Bertz CT molecular complexity index is 907. The standard InChI is InChI=1S/C14H11BrN2O2S/c1-8-2-3-11-10(6-8)13(18)17(14(19)16-11)7-9-4-5-20-12(9)15/h2-6H,7H2,1H3,(H,16,19). The molecule has 0 fully saturated rings. The summed E-state index contributed by atoms with van der Waals surface area (Å²) in [5.41, 5.74) is 1.85. The second-order valence-corrected chi connectivity index (χ2v) is 6.82. The van der Waals surface area contributed by atoms with Gasteiger partial charge in [0.05, 0.1) is 21.2 Å². The summed E-state index contributed by atoms with van der Waals surface area (Å²) in [6, 6.07) is 7.34. The lowest BCUT2D eigenvalue weighted by Gasteiger charge is -2.06. The molecule has 3 rings (SSSR count). The average molecular weight is 351 g/mol. The Morgan fingerprint density at radius 3 is 2.80 bits per heavy atom. The summed E-state index contributed by atoms with van der Waals surface area (Å²) >= 11 is 4.96. The number of nitrogens with one attached hydrogen (secondary N) is 1. The minimum absolute atomic E-state index is 0.259. The van der Waals surface area contributed by atoms with Crippen molar-refractivity contribution in [2.75, 3.05) is 0 Å². The van der Waals surface area contributed by atoms with Crippen LogP contribution < -0.4 is 11.2 Å². The van der Waals surface area contributed by atoms with E-state index in [4.69, 9.17) is 0 Å². The molecule has 2 heterocycles. The molecule has 4 nitrogen and oxygen atoms in total. The van der Waals surface area contributed by atoms with E-state index in [1.54, 1.807) is 12.1 Å². The Morgan fingerprint density at radius 2 is 2.10 bits per heavy atom. The van der Waals surface area contributed by atoms with Crippen LogP contribution in [0.25, 0.3) is 10.9 Å². The number of aryl methyl sites for hydroxylation is 1. The van der Waals surface area contributed by atoms with Crippen LogP contribution in [-0.4, -0.2) is 9.55 Å². The molecule has 0 aliphatic carbocycles. The second-order valence-electron chi connectivity index (χ2n) is 4.59. The zero-order valence-electron chi connectivity index (χ0n) is 10.6. The summed E-state index contributed by atoms with van der Waals surface area (Å²) < 4.78 is 2.17. The number of rotatable bonds is 2. The Hall–Kier alpha value is -1.66. The zero-order valence-corrected chi connectivity index (χ0v) is 13.0. The van der Waals surface area contributed by atoms with Crippen LogP contribution in [-0.2, 0) is 6.54 Å². The molecule has 0 aliphatic rings. The molecule has 3 aromatic rings. The minimum Gasteiger partial charge on any atom is -0.307 e. The fourth-order valence-electron chi connectivity index (χ4n) is 2.11. The molecule has 1 N–H and O–H groups in total. The van der Waals surface area contributed by atoms with Gasteiger partial charge in [-0.25, -0.2) is 4.79 Å². The van der Waals surface area contributed by atoms with Crippen LogP contribution >= 0.6 is 27.3 Å². The number of H-pyrrole nitrogens is 1. The predicted octanol–water partition coefficient (Wildman–Crippen LogP) is 2.87. The van der Waals surface area contributed by atoms with E-state index in [0.717, 1.165) is 14.9 Å². The molecule has 6 heteroatoms. The van der Waals surface area contributed by atoms with E-state index in [-0.39, 0.29) is 17.8 Å². The summed E-state index contributed by atoms with van der Waals surface area (Å²) in [4.78, 5) is 27.3. The molecule has 1 aromatic carbocycles. The van der Waals surface area contributed by atoms with Crippen molar-refractivity contribution in [3.8, 4) is 0 Å². The first-order valence-corrected chi connectivity index (χ1v) is 7.69. The third-order valence-electron chi connectivity index (χ3n) is 3.16. The molecule has 2 aromatic heterocycles. The van der Waals surface area contributed by atoms with Crippen LogP contribution in [0.15, 0.2) is 43.0 Å². The van der Waals surface area contributed by atoms with Gasteiger partial charge in [-0.2, -0.15) is 0 Å². The predicted molar refractivity (Wildman–Crippen MR) is 84.7 cm³/mol. The first-order valence-electron chi connectivity index (χ1n) is 6.01. The van der Waals surface area contributed by atoms with Crippen molar-refractivity contribution >= 4 is 38.2 Å². The van der Waals surface area contributed by atoms with Gasteiger partial charge < -0.3 is 4.98 Å². The van der Waals surface area contributed by atoms with Crippen molar-refractivity contribution in [3.63, 3.8) is 0 Å². The Kier molecular flexibility index (Phi) is 3.35. The quantitative estimate of drug-likeness (QED) is 0.772. The van der Waals surface area contributed by atoms with Crippen LogP contribution in [0.4, 0.5) is 0 Å². The first-order chi connectivity index (χ1) is 9.56. The number of halogens is 1. The van der Waals surface area contributed by atoms with Crippen molar-refractivity contribution in [2.45, 2.75) is 13.5 Å². The van der Waals surface area contributed by atoms with Gasteiger partial charge in [0.1, 0.15) is 0 Å². The van der Waals surface area contributed by atoms with Gasteiger partial charge in [0.15, 0.2) is 0 Å². The number of benzene rings is 1. The summed E-state index contributed by atoms with van der Waals surface area (Å²) in [7, 11) is 0. The van der Waals surface area contributed by atoms with Gasteiger partial charge in [0.2, 0.25) is 0 Å². The molecule has 0 spiro atoms. The molecular weight excluding hydrogens is 340 g/mol. The Balaban J connectivity index is 2.23. The highest BCUT2D eigenvalue weighted by molar-refractivity contribution is 9.11. The SMILES string of the molecule is Cc1ccc2[nH]c(=O)n(Cc3ccsc3Br)c(=O)c2c1. The lowest BCUT2D eigenvalue weighted by Crippen LogP contribution is -2.35. The number of thiophene rings is 1. The van der Waals surface area contributed by atoms with Gasteiger partial charge in [-0.15, -0.1) is 11.3 Å². The van der Waals surface area contributed by atoms with E-state index in [0.29, 0.717) is 10.9 Å². The monoisotopic (exact) mass is 350 g/mol. The maximum Gasteiger partial charge on any atom is 0.329 e. The van der Waals surface area contributed by atoms with E-state index < -0.39 is 0 Å². The first kappa shape index (κ1) is 13.3. The smallest absolute Gasteiger partial charge is 0.307 e. The van der Waals surface area contributed by atoms with Gasteiger partial charge >= 0.3 is 5.69 Å². The highest BCUT2D eigenvalue weighted by Crippen LogP contribution is 2.23. The zero-order chi connectivity index (χ0) is 14.3. The topological polar surface area (TPSA) is 54.9 Å². The van der Waals surface area contributed by atoms with Crippen LogP contribution in [0.1, 0.15) is 11.1 Å². The van der Waals surface area contributed by atoms with Crippen LogP contribution in [0.5, 0.6) is 0 Å². The molecule has 0 bridgehead atoms. The number of nitrogens with zero attached hydrogens (tertiary/aromatic N) is 1. The van der Waals surface area contributed by atoms with E-state index in [2.05, 4.69) is 20.9 Å². The number of aromatic amines is 1. The normalized spacial score (nSPS) is 11.1. The fraction of sp³-hybridized carbons (Fsp3) is 0.143. The summed E-state index contributed by atoms with van der Waals surface area (Å²) in [5, 5.41) is 2.46. The average Bonchev–Trinajstić information content (AvgIpc) is 2.81. The van der Waals surface area contributed by atoms with E-state index in [1.165, 1.54) is 15.9 Å². The molecule has 0 saturated heterocycles. The highest BCUT2D eigenvalue weighted by atomic mass is 79.9. The van der Waals surface area contributed by atoms with Crippen molar-refractivity contribution in [1.82, 2.24) is 9.55 Å². The Morgan fingerprint density at radius 1 is 1.30 bits per heavy atom. The van der Waals surface area contributed by atoms with E-state index in [1.807, 2.05) is 24.4 Å². The molecule has 102 valence electrons. The maximum atomic E-state index is 12.5. The van der Waals surface area contributed by atoms with Crippen molar-refractivity contribution in [3.05, 3.63) is 65.4 Å². The summed E-state index contributed by atoms with van der Waals surface area (Å²) in [6.07, 6.45) is 0. The summed E-state index contributed by atoms with van der Waals surface area (Å²) in [6.45, 7) is 2.19. The molecule has 0 unspecified atom stereocenters. The minimum atomic E-state index is -0.385. The lowest BCUT2D eigenvalue weighted by atomic mass is 10.2. The van der Waals surface area contributed by atoms with E-state index in [9.17, 15) is 9.59 Å². The molecular formula is C14H11BrN2O2S. The number of aromatic nitrogens is 2.